The van der Waals surface area contributed by atoms with Crippen LogP contribution in [-0.4, -0.2) is 27.8 Å². The van der Waals surface area contributed by atoms with Gasteiger partial charge in [0.05, 0.1) is 24.2 Å². The molecule has 0 aliphatic rings. The summed E-state index contributed by atoms with van der Waals surface area (Å²) in [7, 11) is 1.61. The van der Waals surface area contributed by atoms with Crippen LogP contribution in [0.3, 0.4) is 0 Å². The lowest BCUT2D eigenvalue weighted by Gasteiger charge is -2.00. The van der Waals surface area contributed by atoms with Crippen LogP contribution in [0.15, 0.2) is 68.9 Å². The Morgan fingerprint density at radius 1 is 1.13 bits per heavy atom. The van der Waals surface area contributed by atoms with E-state index in [1.807, 2.05) is 29.6 Å². The van der Waals surface area contributed by atoms with Gasteiger partial charge in [-0.1, -0.05) is 0 Å². The number of primary amides is 1. The lowest BCUT2D eigenvalue weighted by atomic mass is 10.2. The van der Waals surface area contributed by atoms with Gasteiger partial charge in [-0.15, -0.1) is 16.5 Å². The van der Waals surface area contributed by atoms with E-state index >= 15 is 0 Å². The molecule has 156 valence electrons. The maximum Gasteiger partial charge on any atom is 0.301 e. The number of aromatic amines is 1. The van der Waals surface area contributed by atoms with Crippen molar-refractivity contribution in [3.05, 3.63) is 75.5 Å². The van der Waals surface area contributed by atoms with E-state index in [9.17, 15) is 9.59 Å². The summed E-state index contributed by atoms with van der Waals surface area (Å²) in [5.41, 5.74) is 8.14. The molecule has 4 aromatic rings. The Kier molecular flexibility index (Phi) is 5.46. The smallest absolute Gasteiger partial charge is 0.301 e. The second-order valence-corrected chi connectivity index (χ2v) is 7.42. The van der Waals surface area contributed by atoms with Gasteiger partial charge >= 0.3 is 5.56 Å². The Morgan fingerprint density at radius 3 is 2.48 bits per heavy atom. The lowest BCUT2D eigenvalue weighted by molar-refractivity contribution is 0.100. The predicted molar refractivity (Wildman–Crippen MR) is 118 cm³/mol. The van der Waals surface area contributed by atoms with Crippen LogP contribution in [0.4, 0.5) is 11.4 Å². The van der Waals surface area contributed by atoms with Crippen LogP contribution in [0.25, 0.3) is 16.4 Å². The Morgan fingerprint density at radius 2 is 1.84 bits per heavy atom. The number of carbonyl (C=O) groups is 1. The van der Waals surface area contributed by atoms with Crippen molar-refractivity contribution in [3.8, 4) is 22.1 Å². The topological polar surface area (TPSA) is 128 Å². The van der Waals surface area contributed by atoms with Gasteiger partial charge in [0.25, 0.3) is 0 Å². The molecule has 0 saturated heterocycles. The van der Waals surface area contributed by atoms with Gasteiger partial charge in [-0.25, -0.2) is 4.98 Å². The van der Waals surface area contributed by atoms with Crippen LogP contribution in [0.2, 0.25) is 0 Å². The molecular weight excluding hydrogens is 416 g/mol. The fourth-order valence-corrected chi connectivity index (χ4v) is 3.64. The first-order valence-corrected chi connectivity index (χ1v) is 10.1. The minimum Gasteiger partial charge on any atom is -0.497 e. The molecular formula is C21H18N6O3S. The Balaban J connectivity index is 1.60. The second kappa shape index (κ2) is 8.36. The van der Waals surface area contributed by atoms with Crippen molar-refractivity contribution in [2.45, 2.75) is 6.92 Å². The molecule has 0 bridgehead atoms. The normalized spacial score (nSPS) is 11.2. The van der Waals surface area contributed by atoms with Crippen LogP contribution in [0.5, 0.6) is 5.75 Å². The fraction of sp³-hybridized carbons (Fsp3) is 0.0952. The quantitative estimate of drug-likeness (QED) is 0.442. The van der Waals surface area contributed by atoms with Crippen molar-refractivity contribution in [3.63, 3.8) is 0 Å². The highest BCUT2D eigenvalue weighted by Crippen LogP contribution is 2.26. The summed E-state index contributed by atoms with van der Waals surface area (Å²) in [6.45, 7) is 1.74. The van der Waals surface area contributed by atoms with Gasteiger partial charge in [-0.05, 0) is 55.5 Å². The van der Waals surface area contributed by atoms with E-state index in [-0.39, 0.29) is 11.2 Å². The number of benzene rings is 2. The molecule has 31 heavy (non-hydrogen) atoms. The summed E-state index contributed by atoms with van der Waals surface area (Å²) < 4.78 is 6.52. The molecule has 10 heteroatoms. The van der Waals surface area contributed by atoms with Crippen LogP contribution < -0.4 is 16.0 Å². The third-order valence-corrected chi connectivity index (χ3v) is 5.35. The third-order valence-electron chi connectivity index (χ3n) is 4.53. The number of hydrogen-bond donors (Lipinski definition) is 2. The molecule has 3 N–H and O–H groups in total. The zero-order chi connectivity index (χ0) is 22.0. The molecule has 0 spiro atoms. The van der Waals surface area contributed by atoms with Crippen molar-refractivity contribution < 1.29 is 9.53 Å². The molecule has 1 amide bonds. The maximum atomic E-state index is 12.9. The maximum absolute atomic E-state index is 12.9. The SMILES string of the molecule is COc1ccc(-c2csc(-n3[nH]c(C)c(N=Nc4ccc(C(N)=O)cc4)c3=O)n2)cc1. The lowest BCUT2D eigenvalue weighted by Crippen LogP contribution is -2.13. The van der Waals surface area contributed by atoms with E-state index in [0.29, 0.717) is 22.1 Å². The molecule has 2 aromatic carbocycles. The average Bonchev–Trinajstić information content (AvgIpc) is 3.37. The minimum absolute atomic E-state index is 0.181. The van der Waals surface area contributed by atoms with Gasteiger partial charge in [0.2, 0.25) is 11.0 Å². The van der Waals surface area contributed by atoms with Gasteiger partial charge in [-0.3, -0.25) is 14.7 Å². The molecule has 4 rings (SSSR count). The zero-order valence-electron chi connectivity index (χ0n) is 16.7. The van der Waals surface area contributed by atoms with E-state index in [1.165, 1.54) is 16.0 Å². The number of ether oxygens (including phenoxy) is 1. The summed E-state index contributed by atoms with van der Waals surface area (Å²) in [5, 5.41) is 13.5. The summed E-state index contributed by atoms with van der Waals surface area (Å²) in [6.07, 6.45) is 0. The van der Waals surface area contributed by atoms with Crippen LogP contribution in [0.1, 0.15) is 16.1 Å². The Hall–Kier alpha value is -4.05. The van der Waals surface area contributed by atoms with E-state index in [0.717, 1.165) is 17.0 Å². The van der Waals surface area contributed by atoms with E-state index in [2.05, 4.69) is 20.3 Å². The predicted octanol–water partition coefficient (Wildman–Crippen LogP) is 4.12. The van der Waals surface area contributed by atoms with E-state index in [4.69, 9.17) is 10.5 Å². The van der Waals surface area contributed by atoms with Crippen LogP contribution in [-0.2, 0) is 0 Å². The molecule has 0 aliphatic heterocycles. The first-order valence-electron chi connectivity index (χ1n) is 9.20. The number of azo groups is 1. The van der Waals surface area contributed by atoms with Crippen molar-refractivity contribution in [1.82, 2.24) is 14.8 Å². The van der Waals surface area contributed by atoms with Crippen molar-refractivity contribution in [2.75, 3.05) is 7.11 Å². The summed E-state index contributed by atoms with van der Waals surface area (Å²) >= 11 is 1.34. The number of thiazole rings is 1. The van der Waals surface area contributed by atoms with Gasteiger partial charge in [0.15, 0.2) is 5.69 Å². The largest absolute Gasteiger partial charge is 0.497 e. The van der Waals surface area contributed by atoms with Crippen molar-refractivity contribution >= 4 is 28.6 Å². The third kappa shape index (κ3) is 4.14. The molecule has 0 unspecified atom stereocenters. The number of amides is 1. The number of hydrogen-bond acceptors (Lipinski definition) is 7. The number of rotatable bonds is 6. The van der Waals surface area contributed by atoms with Crippen LogP contribution >= 0.6 is 11.3 Å². The first kappa shape index (κ1) is 20.2. The second-order valence-electron chi connectivity index (χ2n) is 6.58. The highest BCUT2D eigenvalue weighted by molar-refractivity contribution is 7.12. The molecule has 0 fully saturated rings. The number of nitrogens with zero attached hydrogens (tertiary/aromatic N) is 4. The average molecular weight is 434 g/mol. The molecule has 0 aliphatic carbocycles. The van der Waals surface area contributed by atoms with Crippen LogP contribution in [0, 0.1) is 6.92 Å². The molecule has 0 radical (unpaired) electrons. The molecule has 0 saturated carbocycles. The summed E-state index contributed by atoms with van der Waals surface area (Å²) in [6, 6.07) is 13.8. The highest BCUT2D eigenvalue weighted by atomic mass is 32.1. The Bertz CT molecular complexity index is 1320. The molecule has 2 heterocycles. The minimum atomic E-state index is -0.523. The van der Waals surface area contributed by atoms with Gasteiger partial charge in [0, 0.05) is 16.5 Å². The number of nitrogens with two attached hydrogens (primary N) is 1. The van der Waals surface area contributed by atoms with E-state index in [1.54, 1.807) is 38.3 Å². The summed E-state index contributed by atoms with van der Waals surface area (Å²) in [4.78, 5) is 28.6. The standard InChI is InChI=1S/C21H18N6O3S/c1-12-18(25-24-15-7-3-14(4-8-15)19(22)28)20(29)27(26-12)21-23-17(11-31-21)13-5-9-16(30-2)10-6-13/h3-11,26H,1-2H3,(H2,22,28). The first-order chi connectivity index (χ1) is 15.0. The summed E-state index contributed by atoms with van der Waals surface area (Å²) in [5.74, 6) is 0.236. The molecule has 2 aromatic heterocycles. The number of H-pyrrole nitrogens is 1. The van der Waals surface area contributed by atoms with Gasteiger partial charge in [-0.2, -0.15) is 9.80 Å². The fourth-order valence-electron chi connectivity index (χ4n) is 2.85. The Labute approximate surface area is 180 Å². The number of nitrogens with one attached hydrogen (secondary N) is 1. The van der Waals surface area contributed by atoms with Gasteiger partial charge in [0.1, 0.15) is 5.75 Å². The number of aryl methyl sites for hydroxylation is 1. The van der Waals surface area contributed by atoms with Crippen molar-refractivity contribution in [1.29, 1.82) is 0 Å². The monoisotopic (exact) mass is 434 g/mol. The molecule has 9 nitrogen and oxygen atoms in total. The molecule has 0 atom stereocenters. The van der Waals surface area contributed by atoms with Crippen molar-refractivity contribution in [2.24, 2.45) is 16.0 Å². The van der Waals surface area contributed by atoms with Gasteiger partial charge < -0.3 is 10.5 Å². The number of methoxy groups -OCH3 is 1. The number of carbonyl (C=O) groups excluding carboxylic acids is 1. The highest BCUT2D eigenvalue weighted by Gasteiger charge is 2.15. The van der Waals surface area contributed by atoms with E-state index < -0.39 is 5.91 Å². The number of aromatic nitrogens is 3. The zero-order valence-corrected chi connectivity index (χ0v) is 17.5.